The van der Waals surface area contributed by atoms with E-state index in [1.807, 2.05) is 22.4 Å². The first-order valence-electron chi connectivity index (χ1n) is 6.23. The molecule has 1 N–H and O–H groups in total. The maximum Gasteiger partial charge on any atom is 0.308 e. The first kappa shape index (κ1) is 11.7. The zero-order valence-corrected chi connectivity index (χ0v) is 10.7. The molecule has 1 aromatic heterocycles. The topological polar surface area (TPSA) is 57.6 Å². The number of nitrogens with zero attached hydrogens (tertiary/aromatic N) is 1. The molecule has 2 aliphatic heterocycles. The van der Waals surface area contributed by atoms with Crippen molar-refractivity contribution in [1.29, 1.82) is 0 Å². The van der Waals surface area contributed by atoms with Crippen molar-refractivity contribution in [3.05, 3.63) is 22.4 Å². The van der Waals surface area contributed by atoms with Gasteiger partial charge in [-0.05, 0) is 30.7 Å². The van der Waals surface area contributed by atoms with E-state index in [9.17, 15) is 9.59 Å². The van der Waals surface area contributed by atoms with Crippen LogP contribution in [-0.4, -0.2) is 34.0 Å². The largest absolute Gasteiger partial charge is 0.481 e. The number of hydrogen-bond acceptors (Lipinski definition) is 3. The van der Waals surface area contributed by atoms with Crippen molar-refractivity contribution in [3.8, 4) is 0 Å². The SMILES string of the molecule is O=C(O)C1CC2CCC1N2C(=O)Cc1cccs1. The fourth-order valence-corrected chi connectivity index (χ4v) is 3.99. The monoisotopic (exact) mass is 265 g/mol. The highest BCUT2D eigenvalue weighted by Crippen LogP contribution is 2.42. The van der Waals surface area contributed by atoms with Crippen molar-refractivity contribution in [2.45, 2.75) is 37.8 Å². The van der Waals surface area contributed by atoms with E-state index in [1.54, 1.807) is 11.3 Å². The average molecular weight is 265 g/mol. The van der Waals surface area contributed by atoms with Gasteiger partial charge in [-0.25, -0.2) is 0 Å². The van der Waals surface area contributed by atoms with Crippen LogP contribution in [0.1, 0.15) is 24.1 Å². The van der Waals surface area contributed by atoms with Crippen molar-refractivity contribution in [1.82, 2.24) is 4.90 Å². The van der Waals surface area contributed by atoms with Gasteiger partial charge in [0.2, 0.25) is 5.91 Å². The molecular formula is C13H15NO3S. The van der Waals surface area contributed by atoms with Crippen LogP contribution in [0.4, 0.5) is 0 Å². The molecule has 0 spiro atoms. The minimum Gasteiger partial charge on any atom is -0.481 e. The summed E-state index contributed by atoms with van der Waals surface area (Å²) in [7, 11) is 0. The summed E-state index contributed by atoms with van der Waals surface area (Å²) in [5, 5.41) is 11.1. The molecule has 1 amide bonds. The minimum atomic E-state index is -0.754. The van der Waals surface area contributed by atoms with Crippen LogP contribution in [0.3, 0.4) is 0 Å². The third-order valence-corrected chi connectivity index (χ3v) is 4.92. The van der Waals surface area contributed by atoms with Crippen LogP contribution in [0.15, 0.2) is 17.5 Å². The average Bonchev–Trinajstić information content (AvgIpc) is 3.02. The van der Waals surface area contributed by atoms with Crippen molar-refractivity contribution >= 4 is 23.2 Å². The van der Waals surface area contributed by atoms with Crippen LogP contribution in [0.5, 0.6) is 0 Å². The second-order valence-corrected chi connectivity index (χ2v) is 6.07. The van der Waals surface area contributed by atoms with E-state index in [0.29, 0.717) is 12.8 Å². The maximum absolute atomic E-state index is 12.3. The molecule has 3 unspecified atom stereocenters. The van der Waals surface area contributed by atoms with Crippen LogP contribution >= 0.6 is 11.3 Å². The Bertz CT molecular complexity index is 471. The normalized spacial score (nSPS) is 29.8. The van der Waals surface area contributed by atoms with E-state index in [4.69, 9.17) is 5.11 Å². The zero-order valence-electron chi connectivity index (χ0n) is 9.91. The van der Waals surface area contributed by atoms with Gasteiger partial charge in [-0.1, -0.05) is 6.07 Å². The van der Waals surface area contributed by atoms with E-state index >= 15 is 0 Å². The smallest absolute Gasteiger partial charge is 0.308 e. The van der Waals surface area contributed by atoms with Gasteiger partial charge in [-0.2, -0.15) is 0 Å². The Morgan fingerprint density at radius 3 is 2.89 bits per heavy atom. The molecule has 18 heavy (non-hydrogen) atoms. The lowest BCUT2D eigenvalue weighted by molar-refractivity contribution is -0.143. The van der Waals surface area contributed by atoms with Gasteiger partial charge < -0.3 is 10.0 Å². The lowest BCUT2D eigenvalue weighted by atomic mass is 9.89. The third-order valence-electron chi connectivity index (χ3n) is 4.05. The number of carboxylic acid groups (broad SMARTS) is 1. The van der Waals surface area contributed by atoms with Crippen molar-refractivity contribution < 1.29 is 14.7 Å². The molecule has 3 rings (SSSR count). The fourth-order valence-electron chi connectivity index (χ4n) is 3.30. The van der Waals surface area contributed by atoms with E-state index < -0.39 is 5.97 Å². The van der Waals surface area contributed by atoms with E-state index in [0.717, 1.165) is 17.7 Å². The number of amides is 1. The van der Waals surface area contributed by atoms with Crippen LogP contribution in [0.2, 0.25) is 0 Å². The van der Waals surface area contributed by atoms with Crippen LogP contribution in [0, 0.1) is 5.92 Å². The minimum absolute atomic E-state index is 0.0695. The van der Waals surface area contributed by atoms with Crippen LogP contribution in [0.25, 0.3) is 0 Å². The molecule has 2 fully saturated rings. The number of rotatable bonds is 3. The summed E-state index contributed by atoms with van der Waals surface area (Å²) < 4.78 is 0. The molecule has 0 aliphatic carbocycles. The van der Waals surface area contributed by atoms with Gasteiger partial charge in [0.25, 0.3) is 0 Å². The molecule has 2 aliphatic rings. The Labute approximate surface area is 109 Å². The number of carboxylic acids is 1. The number of hydrogen-bond donors (Lipinski definition) is 1. The highest BCUT2D eigenvalue weighted by atomic mass is 32.1. The Morgan fingerprint density at radius 2 is 2.28 bits per heavy atom. The molecule has 3 heterocycles. The molecular weight excluding hydrogens is 250 g/mol. The summed E-state index contributed by atoms with van der Waals surface area (Å²) >= 11 is 1.58. The molecule has 1 aromatic rings. The maximum atomic E-state index is 12.3. The third kappa shape index (κ3) is 1.82. The molecule has 5 heteroatoms. The van der Waals surface area contributed by atoms with Gasteiger partial charge in [0.1, 0.15) is 0 Å². The lowest BCUT2D eigenvalue weighted by Gasteiger charge is -2.22. The molecule has 4 nitrogen and oxygen atoms in total. The van der Waals surface area contributed by atoms with E-state index in [2.05, 4.69) is 0 Å². The standard InChI is InChI=1S/C13H15NO3S/c15-12(7-9-2-1-5-18-9)14-8-3-4-11(14)10(6-8)13(16)17/h1-2,5,8,10-11H,3-4,6-7H2,(H,16,17). The van der Waals surface area contributed by atoms with Crippen LogP contribution in [-0.2, 0) is 16.0 Å². The second kappa shape index (κ2) is 4.39. The lowest BCUT2D eigenvalue weighted by Crippen LogP contribution is -2.38. The summed E-state index contributed by atoms with van der Waals surface area (Å²) in [4.78, 5) is 26.3. The van der Waals surface area contributed by atoms with Crippen molar-refractivity contribution in [3.63, 3.8) is 0 Å². The Morgan fingerprint density at radius 1 is 1.44 bits per heavy atom. The predicted molar refractivity (Wildman–Crippen MR) is 67.4 cm³/mol. The number of fused-ring (bicyclic) bond motifs is 2. The summed E-state index contributed by atoms with van der Waals surface area (Å²) in [5.74, 6) is -1.01. The van der Waals surface area contributed by atoms with Gasteiger partial charge in [0.05, 0.1) is 12.3 Å². The predicted octanol–water partition coefficient (Wildman–Crippen LogP) is 1.75. The van der Waals surface area contributed by atoms with Gasteiger partial charge >= 0.3 is 5.97 Å². The summed E-state index contributed by atoms with van der Waals surface area (Å²) in [6.07, 6.45) is 2.86. The number of carbonyl (C=O) groups excluding carboxylic acids is 1. The zero-order chi connectivity index (χ0) is 12.7. The quantitative estimate of drug-likeness (QED) is 0.906. The number of carbonyl (C=O) groups is 2. The van der Waals surface area contributed by atoms with Gasteiger partial charge in [-0.15, -0.1) is 11.3 Å². The summed E-state index contributed by atoms with van der Waals surface area (Å²) in [5.41, 5.74) is 0. The van der Waals surface area contributed by atoms with Gasteiger partial charge in [-0.3, -0.25) is 9.59 Å². The Balaban J connectivity index is 1.73. The number of aliphatic carboxylic acids is 1. The highest BCUT2D eigenvalue weighted by molar-refractivity contribution is 7.10. The van der Waals surface area contributed by atoms with Crippen molar-refractivity contribution in [2.75, 3.05) is 0 Å². The first-order valence-corrected chi connectivity index (χ1v) is 7.11. The molecule has 0 saturated carbocycles. The molecule has 3 atom stereocenters. The van der Waals surface area contributed by atoms with E-state index in [-0.39, 0.29) is 23.9 Å². The second-order valence-electron chi connectivity index (χ2n) is 5.04. The Hall–Kier alpha value is -1.36. The summed E-state index contributed by atoms with van der Waals surface area (Å²) in [6, 6.07) is 3.98. The Kier molecular flexibility index (Phi) is 2.86. The molecule has 0 radical (unpaired) electrons. The first-order chi connectivity index (χ1) is 8.66. The van der Waals surface area contributed by atoms with E-state index in [1.165, 1.54) is 0 Å². The van der Waals surface area contributed by atoms with Crippen LogP contribution < -0.4 is 0 Å². The fraction of sp³-hybridized carbons (Fsp3) is 0.538. The molecule has 0 aromatic carbocycles. The molecule has 2 saturated heterocycles. The molecule has 96 valence electrons. The van der Waals surface area contributed by atoms with Crippen molar-refractivity contribution in [2.24, 2.45) is 5.92 Å². The highest BCUT2D eigenvalue weighted by Gasteiger charge is 2.50. The molecule has 2 bridgehead atoms. The summed E-state index contributed by atoms with van der Waals surface area (Å²) in [6.45, 7) is 0. The number of thiophene rings is 1. The van der Waals surface area contributed by atoms with Gasteiger partial charge in [0.15, 0.2) is 0 Å². The van der Waals surface area contributed by atoms with Gasteiger partial charge in [0, 0.05) is 17.0 Å².